The second-order valence-corrected chi connectivity index (χ2v) is 35.7. The van der Waals surface area contributed by atoms with E-state index >= 15 is 8.78 Å². The van der Waals surface area contributed by atoms with Gasteiger partial charge in [0.05, 0.1) is 62.4 Å². The molecule has 129 heavy (non-hydrogen) atoms. The number of thiocyanates is 1. The number of thioether (sulfide) groups is 1. The summed E-state index contributed by atoms with van der Waals surface area (Å²) in [6.07, 6.45) is 26.0. The number of nitrogens with two attached hydrogens (primary N) is 1. The van der Waals surface area contributed by atoms with Gasteiger partial charge >= 0.3 is 0 Å². The van der Waals surface area contributed by atoms with Gasteiger partial charge in [-0.25, -0.2) is 26.3 Å². The lowest BCUT2D eigenvalue weighted by molar-refractivity contribution is -0.118. The number of nitrogens with zero attached hydrogens (tertiary/aromatic N) is 7. The number of halogens is 6. The van der Waals surface area contributed by atoms with Gasteiger partial charge in [-0.2, -0.15) is 5.26 Å². The predicted molar refractivity (Wildman–Crippen MR) is 515 cm³/mol. The molecule has 0 fully saturated rings. The molecule has 0 saturated carbocycles. The highest BCUT2D eigenvalue weighted by atomic mass is 32.2. The van der Waals surface area contributed by atoms with Crippen molar-refractivity contribution < 1.29 is 54.9 Å². The number of nitriles is 1. The Kier molecular flexibility index (Phi) is 36.4. The Bertz CT molecular complexity index is 6100. The number of Topliss-reactive ketones (excluding diaryl/α,β-unsaturated/α-hetero) is 2. The first-order chi connectivity index (χ1) is 62.6. The van der Waals surface area contributed by atoms with Crippen LogP contribution in [-0.4, -0.2) is 69.4 Å². The molecule has 0 bridgehead atoms. The molecule has 15 nitrogen and oxygen atoms in total. The molecule has 0 aliphatic carbocycles. The number of ketones is 2. The van der Waals surface area contributed by atoms with Crippen molar-refractivity contribution in [3.05, 3.63) is 317 Å². The molecule has 15 rings (SSSR count). The summed E-state index contributed by atoms with van der Waals surface area (Å²) in [6.45, 7) is 8.52. The fourth-order valence-corrected chi connectivity index (χ4v) is 17.8. The second-order valence-electron chi connectivity index (χ2n) is 30.5. The zero-order valence-corrected chi connectivity index (χ0v) is 76.1. The van der Waals surface area contributed by atoms with Gasteiger partial charge in [-0.3, -0.25) is 44.3 Å². The molecule has 0 aliphatic heterocycles. The number of thiophene rings is 3. The maximum atomic E-state index is 15.1. The summed E-state index contributed by atoms with van der Waals surface area (Å²) < 4.78 is 103. The highest BCUT2D eigenvalue weighted by Gasteiger charge is 2.21. The number of thiocarbonyl (C=S) groups is 2. The van der Waals surface area contributed by atoms with Crippen molar-refractivity contribution in [2.45, 2.75) is 143 Å². The number of aromatic nitrogens is 6. The summed E-state index contributed by atoms with van der Waals surface area (Å²) in [7, 11) is 0. The monoisotopic (exact) mass is 1850 g/mol. The van der Waals surface area contributed by atoms with E-state index < -0.39 is 17.5 Å². The number of aryl methyl sites for hydroxylation is 2. The number of carbonyl (C=O) groups is 3. The summed E-state index contributed by atoms with van der Waals surface area (Å²) >= 11 is 16.0. The van der Waals surface area contributed by atoms with Gasteiger partial charge in [-0.15, -0.1) is 34.0 Å². The maximum absolute atomic E-state index is 15.1. The van der Waals surface area contributed by atoms with Gasteiger partial charge in [-0.1, -0.05) is 150 Å². The Morgan fingerprint density at radius 2 is 0.744 bits per heavy atom. The molecule has 9 heterocycles. The third-order valence-electron chi connectivity index (χ3n) is 20.3. The Labute approximate surface area is 772 Å². The number of carbonyl (C=O) groups excluding carboxylic acids is 3. The van der Waals surface area contributed by atoms with Crippen molar-refractivity contribution in [3.8, 4) is 71.6 Å². The largest absolute Gasteiger partial charge is 0.453 e. The van der Waals surface area contributed by atoms with E-state index in [9.17, 15) is 31.9 Å². The number of ether oxygens (including phenoxy) is 3. The molecule has 0 aliphatic rings. The second kappa shape index (κ2) is 48.9. The predicted octanol–water partition coefficient (Wildman–Crippen LogP) is 26.9. The Morgan fingerprint density at radius 3 is 1.09 bits per heavy atom. The quantitative estimate of drug-likeness (QED) is 0.0121. The minimum Gasteiger partial charge on any atom is -0.453 e. The number of hydrogen-bond donors (Lipinski definition) is 2. The number of fused-ring (bicyclic) bond motifs is 3. The first kappa shape index (κ1) is 96.0. The van der Waals surface area contributed by atoms with Crippen LogP contribution < -0.4 is 25.3 Å². The molecule has 3 N–H and O–H groups in total. The summed E-state index contributed by atoms with van der Waals surface area (Å²) in [4.78, 5) is 67.1. The molecule has 27 heteroatoms. The van der Waals surface area contributed by atoms with Gasteiger partial charge in [-0.05, 0) is 205 Å². The lowest BCUT2D eigenvalue weighted by Gasteiger charge is -2.10. The van der Waals surface area contributed by atoms with E-state index in [0.717, 1.165) is 112 Å². The smallest absolute Gasteiger partial charge is 0.207 e. The Hall–Kier alpha value is -12.1. The SMILES string of the molecule is CCCCCCc1ccc(-c2cc3nccc(Oc4ccc(CC(=S)CC(=O)Cc5ccc(F)cc5)cc4F)c3s2)nc1.CCCCCCc1ccc(-c2cc3nccc(Oc4ccc(N)cc4F)c3s2)nc1.CCCNCCc1ccc(-c2cc3nccc(Oc4ccc(CC(=S)CC(=O)Cc5ccc(F)cc5)cc4F)c3s2)nc1.N#CSC(=O)Cc1ccc(F)cc1. The van der Waals surface area contributed by atoms with Crippen LogP contribution in [0.3, 0.4) is 0 Å². The van der Waals surface area contributed by atoms with Crippen molar-refractivity contribution >= 4 is 133 Å². The molecule has 6 aromatic carbocycles. The van der Waals surface area contributed by atoms with E-state index in [4.69, 9.17) is 49.6 Å². The summed E-state index contributed by atoms with van der Waals surface area (Å²) in [5, 5.41) is 13.1. The Morgan fingerprint density at radius 1 is 0.388 bits per heavy atom. The van der Waals surface area contributed by atoms with Crippen LogP contribution in [0.25, 0.3) is 62.4 Å². The fraction of sp³-hybridized carbons (Fsp3) is 0.235. The molecule has 9 aromatic heterocycles. The first-order valence-electron chi connectivity index (χ1n) is 42.4. The highest BCUT2D eigenvalue weighted by molar-refractivity contribution is 8.17. The Balaban J connectivity index is 0.000000166. The van der Waals surface area contributed by atoms with Crippen LogP contribution in [-0.2, 0) is 65.8 Å². The van der Waals surface area contributed by atoms with Crippen LogP contribution >= 0.6 is 70.2 Å². The van der Waals surface area contributed by atoms with Crippen molar-refractivity contribution in [2.75, 3.05) is 18.8 Å². The molecule has 15 aromatic rings. The number of anilines is 1. The molecule has 0 unspecified atom stereocenters. The third-order valence-corrected chi connectivity index (χ3v) is 24.8. The van der Waals surface area contributed by atoms with Crippen molar-refractivity contribution in [3.63, 3.8) is 0 Å². The lowest BCUT2D eigenvalue weighted by Crippen LogP contribution is -2.17. The van der Waals surface area contributed by atoms with Crippen LogP contribution in [0.15, 0.2) is 237 Å². The van der Waals surface area contributed by atoms with Gasteiger partial charge in [0.15, 0.2) is 34.7 Å². The van der Waals surface area contributed by atoms with E-state index in [-0.39, 0.29) is 89.9 Å². The summed E-state index contributed by atoms with van der Waals surface area (Å²) in [5.41, 5.74) is 18.1. The minimum absolute atomic E-state index is 0.0670. The van der Waals surface area contributed by atoms with Crippen LogP contribution in [0.2, 0.25) is 0 Å². The van der Waals surface area contributed by atoms with Crippen molar-refractivity contribution in [2.24, 2.45) is 0 Å². The van der Waals surface area contributed by atoms with Crippen LogP contribution in [0, 0.1) is 45.6 Å². The minimum atomic E-state index is -0.523. The third kappa shape index (κ3) is 29.4. The number of unbranched alkanes of at least 4 members (excludes halogenated alkanes) is 6. The fourth-order valence-electron chi connectivity index (χ4n) is 13.7. The zero-order valence-electron chi connectivity index (χ0n) is 71.2. The summed E-state index contributed by atoms with van der Waals surface area (Å²) in [5.74, 6) is -0.792. The molecular formula is C102H93F6N9O6S6. The van der Waals surface area contributed by atoms with Gasteiger partial charge in [0, 0.05) is 134 Å². The molecule has 0 amide bonds. The maximum Gasteiger partial charge on any atom is 0.207 e. The number of rotatable bonds is 38. The van der Waals surface area contributed by atoms with Crippen LogP contribution in [0.5, 0.6) is 34.5 Å². The van der Waals surface area contributed by atoms with Crippen molar-refractivity contribution in [1.82, 2.24) is 35.2 Å². The number of nitrogen functional groups attached to an aromatic ring is 1. The lowest BCUT2D eigenvalue weighted by atomic mass is 10.0. The molecule has 0 radical (unpaired) electrons. The van der Waals surface area contributed by atoms with E-state index in [0.29, 0.717) is 67.5 Å². The van der Waals surface area contributed by atoms with Crippen LogP contribution in [0.1, 0.15) is 136 Å². The summed E-state index contributed by atoms with van der Waals surface area (Å²) in [6, 6.07) is 54.7. The standard InChI is InChI=1S/C35H32F2N2O2S2.C34H31F2N3O2S2.C24H24FN3OS.C9H6FNOS/c1-2-3-4-5-6-24-9-13-30(39-22-24)34-21-31-35(43-34)33(15-16-38-31)41-32-14-10-25(19-29(32)37)18-28(42)20-27(40)17-23-7-11-26(36)12-8-23;1-2-13-37-14-11-23-5-9-29(39-21-23)33-20-30-34(43-33)32(12-15-38-30)41-31-10-6-24(18-28(31)36)17-27(42)19-26(40)16-22-3-7-25(35)8-4-22;1-2-3-4-5-6-16-7-9-19(28-15-16)23-14-20-24(30-23)22(11-12-27-20)29-21-10-8-17(26)13-18(21)25;10-8-3-1-7(2-4-8)5-9(12)13-6-11/h7-16,19,21-22H,2-6,17-18,20H2,1H3;3-10,12,15,18,20-21,37H,2,11,13-14,16-17,19H2,1H3;7-15H,2-6,26H2,1H3;1-4H,5H2. The van der Waals surface area contributed by atoms with Gasteiger partial charge < -0.3 is 25.3 Å². The molecule has 0 saturated heterocycles. The van der Waals surface area contributed by atoms with Gasteiger partial charge in [0.25, 0.3) is 0 Å². The zero-order chi connectivity index (χ0) is 91.0. The number of pyridine rings is 6. The normalized spacial score (nSPS) is 10.9. The van der Waals surface area contributed by atoms with Crippen molar-refractivity contribution in [1.29, 1.82) is 5.26 Å². The average molecular weight is 1850 g/mol. The number of benzene rings is 6. The van der Waals surface area contributed by atoms with E-state index in [2.05, 4.69) is 80.3 Å². The van der Waals surface area contributed by atoms with E-state index in [1.165, 1.54) is 175 Å². The van der Waals surface area contributed by atoms with E-state index in [1.807, 2.05) is 48.9 Å². The topological polar surface area (TPSA) is 218 Å². The van der Waals surface area contributed by atoms with Crippen LogP contribution in [0.4, 0.5) is 32.0 Å². The van der Waals surface area contributed by atoms with Gasteiger partial charge in [0.2, 0.25) is 5.12 Å². The van der Waals surface area contributed by atoms with E-state index in [1.54, 1.807) is 96.8 Å². The molecule has 0 spiro atoms. The van der Waals surface area contributed by atoms with Gasteiger partial charge in [0.1, 0.15) is 51.7 Å². The number of hydrogen-bond acceptors (Lipinski definition) is 21. The first-order valence-corrected chi connectivity index (χ1v) is 46.5. The molecule has 0 atom stereocenters. The molecule has 660 valence electrons. The highest BCUT2D eigenvalue weighted by Crippen LogP contribution is 2.43. The number of nitrogens with one attached hydrogen (secondary N) is 1. The molecular weight excluding hydrogens is 1750 g/mol. The average Bonchev–Trinajstić information content (AvgIpc) is 1.66.